The maximum atomic E-state index is 5.65. The molecule has 0 saturated carbocycles. The average Bonchev–Trinajstić information content (AvgIpc) is 2.39. The zero-order chi connectivity index (χ0) is 11.4. The van der Waals surface area contributed by atoms with E-state index in [1.807, 2.05) is 0 Å². The van der Waals surface area contributed by atoms with Gasteiger partial charge in [-0.25, -0.2) is 0 Å². The van der Waals surface area contributed by atoms with E-state index in [-0.39, 0.29) is 18.5 Å². The summed E-state index contributed by atoms with van der Waals surface area (Å²) >= 11 is 0. The number of rotatable bonds is 3. The lowest BCUT2D eigenvalue weighted by atomic mass is 10.1. The molecule has 3 nitrogen and oxygen atoms in total. The number of hydrogen-bond donors (Lipinski definition) is 1. The fourth-order valence-corrected chi connectivity index (χ4v) is 2.18. The monoisotopic (exact) mass is 256 g/mol. The molecule has 0 aliphatic carbocycles. The van der Waals surface area contributed by atoms with Crippen LogP contribution in [0.2, 0.25) is 0 Å². The molecule has 0 spiro atoms. The predicted octanol–water partition coefficient (Wildman–Crippen LogP) is 1.83. The van der Waals surface area contributed by atoms with Gasteiger partial charge in [-0.1, -0.05) is 30.3 Å². The Bertz CT molecular complexity index is 320. The second-order valence-electron chi connectivity index (χ2n) is 4.31. The third-order valence-electron chi connectivity index (χ3n) is 3.26. The van der Waals surface area contributed by atoms with Gasteiger partial charge < -0.3 is 10.5 Å². The third kappa shape index (κ3) is 3.68. The molecule has 1 fully saturated rings. The highest BCUT2D eigenvalue weighted by atomic mass is 35.5. The standard InChI is InChI=1S/C13H20N2O.ClH/c1-11(12-5-3-2-4-6-12)15-7-8-16-13(9-14)10-15;/h2-6,11,13H,7-10,14H2,1H3;1H. The number of hydrogen-bond acceptors (Lipinski definition) is 3. The normalized spacial score (nSPS) is 22.8. The second kappa shape index (κ2) is 6.97. The van der Waals surface area contributed by atoms with Crippen LogP contribution in [0.3, 0.4) is 0 Å². The van der Waals surface area contributed by atoms with Crippen LogP contribution >= 0.6 is 12.4 Å². The zero-order valence-electron chi connectivity index (χ0n) is 10.2. The van der Waals surface area contributed by atoms with Crippen molar-refractivity contribution in [3.05, 3.63) is 35.9 Å². The molecule has 0 aromatic heterocycles. The summed E-state index contributed by atoms with van der Waals surface area (Å²) in [5.74, 6) is 0. The van der Waals surface area contributed by atoms with Crippen molar-refractivity contribution < 1.29 is 4.74 Å². The van der Waals surface area contributed by atoms with E-state index >= 15 is 0 Å². The van der Waals surface area contributed by atoms with Gasteiger partial charge in [0.15, 0.2) is 0 Å². The molecule has 1 aromatic rings. The Kier molecular flexibility index (Phi) is 5.92. The molecule has 2 unspecified atom stereocenters. The zero-order valence-corrected chi connectivity index (χ0v) is 11.0. The summed E-state index contributed by atoms with van der Waals surface area (Å²) in [4.78, 5) is 2.44. The van der Waals surface area contributed by atoms with Crippen molar-refractivity contribution in [1.29, 1.82) is 0 Å². The Morgan fingerprint density at radius 2 is 2.12 bits per heavy atom. The van der Waals surface area contributed by atoms with Crippen LogP contribution in [-0.2, 0) is 4.74 Å². The van der Waals surface area contributed by atoms with Crippen LogP contribution in [-0.4, -0.2) is 37.2 Å². The van der Waals surface area contributed by atoms with Crippen LogP contribution in [0.15, 0.2) is 30.3 Å². The molecule has 0 radical (unpaired) electrons. The Morgan fingerprint density at radius 1 is 1.41 bits per heavy atom. The Labute approximate surface area is 109 Å². The number of morpholine rings is 1. The molecule has 96 valence electrons. The average molecular weight is 257 g/mol. The lowest BCUT2D eigenvalue weighted by Gasteiger charge is -2.36. The smallest absolute Gasteiger partial charge is 0.0824 e. The molecule has 2 N–H and O–H groups in total. The Balaban J connectivity index is 0.00000144. The van der Waals surface area contributed by atoms with Crippen molar-refractivity contribution in [3.63, 3.8) is 0 Å². The number of nitrogens with zero attached hydrogens (tertiary/aromatic N) is 1. The van der Waals surface area contributed by atoms with Gasteiger partial charge in [0.1, 0.15) is 0 Å². The number of ether oxygens (including phenoxy) is 1. The van der Waals surface area contributed by atoms with Gasteiger partial charge in [0.25, 0.3) is 0 Å². The summed E-state index contributed by atoms with van der Waals surface area (Å²) in [7, 11) is 0. The molecule has 0 amide bonds. The molecular weight excluding hydrogens is 236 g/mol. The minimum atomic E-state index is 0. The molecule has 4 heteroatoms. The van der Waals surface area contributed by atoms with E-state index in [0.717, 1.165) is 19.7 Å². The molecule has 1 aromatic carbocycles. The molecule has 17 heavy (non-hydrogen) atoms. The minimum absolute atomic E-state index is 0. The van der Waals surface area contributed by atoms with Crippen molar-refractivity contribution in [2.24, 2.45) is 5.73 Å². The van der Waals surface area contributed by atoms with Crippen molar-refractivity contribution in [2.75, 3.05) is 26.2 Å². The van der Waals surface area contributed by atoms with Crippen molar-refractivity contribution in [3.8, 4) is 0 Å². The molecular formula is C13H21ClN2O. The largest absolute Gasteiger partial charge is 0.374 e. The fourth-order valence-electron chi connectivity index (χ4n) is 2.18. The van der Waals surface area contributed by atoms with Crippen LogP contribution in [0.4, 0.5) is 0 Å². The van der Waals surface area contributed by atoms with Crippen molar-refractivity contribution >= 4 is 12.4 Å². The van der Waals surface area contributed by atoms with E-state index in [1.54, 1.807) is 0 Å². The van der Waals surface area contributed by atoms with Crippen LogP contribution in [0.5, 0.6) is 0 Å². The molecule has 1 aliphatic rings. The SMILES string of the molecule is CC(c1ccccc1)N1CCOC(CN)C1.Cl. The molecule has 1 heterocycles. The first kappa shape index (κ1) is 14.5. The summed E-state index contributed by atoms with van der Waals surface area (Å²) < 4.78 is 5.58. The molecule has 2 rings (SSSR count). The molecule has 1 aliphatic heterocycles. The third-order valence-corrected chi connectivity index (χ3v) is 3.26. The number of nitrogens with two attached hydrogens (primary N) is 1. The van der Waals surface area contributed by atoms with E-state index in [9.17, 15) is 0 Å². The van der Waals surface area contributed by atoms with Gasteiger partial charge in [0, 0.05) is 25.7 Å². The quantitative estimate of drug-likeness (QED) is 0.897. The van der Waals surface area contributed by atoms with Crippen molar-refractivity contribution in [1.82, 2.24) is 4.90 Å². The number of halogens is 1. The highest BCUT2D eigenvalue weighted by Gasteiger charge is 2.23. The first-order chi connectivity index (χ1) is 7.81. The Morgan fingerprint density at radius 3 is 2.76 bits per heavy atom. The van der Waals surface area contributed by atoms with E-state index in [1.165, 1.54) is 5.56 Å². The van der Waals surface area contributed by atoms with Crippen LogP contribution in [0.1, 0.15) is 18.5 Å². The van der Waals surface area contributed by atoms with Gasteiger partial charge >= 0.3 is 0 Å². The van der Waals surface area contributed by atoms with E-state index in [4.69, 9.17) is 10.5 Å². The van der Waals surface area contributed by atoms with Gasteiger partial charge in [-0.2, -0.15) is 0 Å². The van der Waals surface area contributed by atoms with Crippen LogP contribution < -0.4 is 5.73 Å². The lowest BCUT2D eigenvalue weighted by Crippen LogP contribution is -2.46. The highest BCUT2D eigenvalue weighted by Crippen LogP contribution is 2.21. The summed E-state index contributed by atoms with van der Waals surface area (Å²) in [5.41, 5.74) is 7.01. The van der Waals surface area contributed by atoms with Gasteiger partial charge in [-0.3, -0.25) is 4.90 Å². The van der Waals surface area contributed by atoms with E-state index < -0.39 is 0 Å². The van der Waals surface area contributed by atoms with Crippen LogP contribution in [0.25, 0.3) is 0 Å². The summed E-state index contributed by atoms with van der Waals surface area (Å²) in [6, 6.07) is 11.0. The molecule has 0 bridgehead atoms. The summed E-state index contributed by atoms with van der Waals surface area (Å²) in [6.07, 6.45) is 0.194. The van der Waals surface area contributed by atoms with Gasteiger partial charge in [-0.15, -0.1) is 12.4 Å². The minimum Gasteiger partial charge on any atom is -0.374 e. The molecule has 1 saturated heterocycles. The first-order valence-electron chi connectivity index (χ1n) is 5.92. The highest BCUT2D eigenvalue weighted by molar-refractivity contribution is 5.85. The second-order valence-corrected chi connectivity index (χ2v) is 4.31. The molecule has 2 atom stereocenters. The first-order valence-corrected chi connectivity index (χ1v) is 5.92. The van der Waals surface area contributed by atoms with Crippen LogP contribution in [0, 0.1) is 0 Å². The van der Waals surface area contributed by atoms with E-state index in [0.29, 0.717) is 12.6 Å². The summed E-state index contributed by atoms with van der Waals surface area (Å²) in [6.45, 7) is 5.57. The van der Waals surface area contributed by atoms with Crippen molar-refractivity contribution in [2.45, 2.75) is 19.1 Å². The van der Waals surface area contributed by atoms with Gasteiger partial charge in [0.2, 0.25) is 0 Å². The lowest BCUT2D eigenvalue weighted by molar-refractivity contribution is -0.0364. The topological polar surface area (TPSA) is 38.5 Å². The number of benzene rings is 1. The van der Waals surface area contributed by atoms with E-state index in [2.05, 4.69) is 42.2 Å². The van der Waals surface area contributed by atoms with Gasteiger partial charge in [-0.05, 0) is 12.5 Å². The summed E-state index contributed by atoms with van der Waals surface area (Å²) in [5, 5.41) is 0. The van der Waals surface area contributed by atoms with Gasteiger partial charge in [0.05, 0.1) is 12.7 Å². The maximum absolute atomic E-state index is 5.65. The fraction of sp³-hybridized carbons (Fsp3) is 0.538. The Hall–Kier alpha value is -0.610. The predicted molar refractivity (Wildman–Crippen MR) is 72.5 cm³/mol. The maximum Gasteiger partial charge on any atom is 0.0824 e.